The fourth-order valence-electron chi connectivity index (χ4n) is 2.65. The van der Waals surface area contributed by atoms with Gasteiger partial charge < -0.3 is 19.9 Å². The predicted molar refractivity (Wildman–Crippen MR) is 101 cm³/mol. The number of carbonyl (C=O) groups excluding carboxylic acids is 2. The molecule has 0 aliphatic carbocycles. The Balaban J connectivity index is 0.000000941. The zero-order valence-electron chi connectivity index (χ0n) is 16.0. The van der Waals surface area contributed by atoms with Crippen molar-refractivity contribution < 1.29 is 29.0 Å². The van der Waals surface area contributed by atoms with Crippen molar-refractivity contribution in [3.8, 4) is 0 Å². The lowest BCUT2D eigenvalue weighted by molar-refractivity contribution is -0.126. The Morgan fingerprint density at radius 2 is 2.14 bits per heavy atom. The molecule has 1 aliphatic rings. The first kappa shape index (κ1) is 22.4. The number of nitrogens with zero attached hydrogens (tertiary/aromatic N) is 4. The first-order valence-electron chi connectivity index (χ1n) is 8.51. The molecular weight excluding hydrogens is 404 g/mol. The number of amides is 2. The van der Waals surface area contributed by atoms with Crippen LogP contribution in [0.15, 0.2) is 6.07 Å². The maximum Gasteiger partial charge on any atom is 0.290 e. The molecule has 1 saturated heterocycles. The van der Waals surface area contributed by atoms with Gasteiger partial charge in [-0.3, -0.25) is 24.4 Å². The summed E-state index contributed by atoms with van der Waals surface area (Å²) in [7, 11) is 3.16. The van der Waals surface area contributed by atoms with E-state index in [2.05, 4.69) is 25.7 Å². The molecule has 158 valence electrons. The normalized spacial score (nSPS) is 15.7. The maximum absolute atomic E-state index is 12.4. The maximum atomic E-state index is 12.4. The second kappa shape index (κ2) is 11.2. The topological polar surface area (TPSA) is 160 Å². The minimum atomic E-state index is -0.418. The number of carboxylic acid groups (broad SMARTS) is 1. The van der Waals surface area contributed by atoms with Gasteiger partial charge in [-0.2, -0.15) is 5.10 Å². The number of nitrogens with one attached hydrogen (secondary N) is 2. The van der Waals surface area contributed by atoms with Crippen LogP contribution in [0.1, 0.15) is 22.8 Å². The van der Waals surface area contributed by atoms with Crippen LogP contribution in [-0.2, 0) is 43.6 Å². The SMILES string of the molecule is COCc1cc(CNC(=O)C2CC(=O)N(c3nnc(COC)s3)C2)[nH]n1.O=CO. The summed E-state index contributed by atoms with van der Waals surface area (Å²) in [5.74, 6) is -0.724. The zero-order valence-corrected chi connectivity index (χ0v) is 16.8. The Kier molecular flexibility index (Phi) is 8.64. The number of hydrogen-bond donors (Lipinski definition) is 3. The van der Waals surface area contributed by atoms with E-state index in [-0.39, 0.29) is 24.7 Å². The average Bonchev–Trinajstić information content (AvgIpc) is 3.41. The molecule has 12 nitrogen and oxygen atoms in total. The van der Waals surface area contributed by atoms with Crippen LogP contribution in [-0.4, -0.2) is 64.6 Å². The molecule has 3 rings (SSSR count). The quantitative estimate of drug-likeness (QED) is 0.491. The lowest BCUT2D eigenvalue weighted by atomic mass is 10.1. The van der Waals surface area contributed by atoms with E-state index in [1.54, 1.807) is 14.2 Å². The Bertz CT molecular complexity index is 824. The highest BCUT2D eigenvalue weighted by molar-refractivity contribution is 7.15. The van der Waals surface area contributed by atoms with Crippen LogP contribution >= 0.6 is 11.3 Å². The van der Waals surface area contributed by atoms with Crippen molar-refractivity contribution >= 4 is 34.8 Å². The van der Waals surface area contributed by atoms with E-state index in [9.17, 15) is 9.59 Å². The summed E-state index contributed by atoms with van der Waals surface area (Å²) in [6, 6.07) is 1.83. The van der Waals surface area contributed by atoms with Crippen LogP contribution in [0.2, 0.25) is 0 Å². The van der Waals surface area contributed by atoms with E-state index in [1.807, 2.05) is 6.07 Å². The summed E-state index contributed by atoms with van der Waals surface area (Å²) in [4.78, 5) is 34.5. The molecule has 13 heteroatoms. The van der Waals surface area contributed by atoms with Crippen molar-refractivity contribution in [3.05, 3.63) is 22.5 Å². The Hall–Kier alpha value is -2.90. The summed E-state index contributed by atoms with van der Waals surface area (Å²) in [6.07, 6.45) is 0.156. The highest BCUT2D eigenvalue weighted by Crippen LogP contribution is 2.28. The molecule has 2 aromatic rings. The van der Waals surface area contributed by atoms with Crippen molar-refractivity contribution in [1.82, 2.24) is 25.7 Å². The molecule has 1 fully saturated rings. The second-order valence-electron chi connectivity index (χ2n) is 5.96. The van der Waals surface area contributed by atoms with Gasteiger partial charge in [-0.25, -0.2) is 0 Å². The number of rotatable bonds is 8. The van der Waals surface area contributed by atoms with Crippen molar-refractivity contribution in [1.29, 1.82) is 0 Å². The van der Waals surface area contributed by atoms with E-state index in [4.69, 9.17) is 19.4 Å². The van der Waals surface area contributed by atoms with Crippen LogP contribution in [0.25, 0.3) is 0 Å². The Morgan fingerprint density at radius 3 is 2.83 bits per heavy atom. The first-order valence-corrected chi connectivity index (χ1v) is 9.33. The van der Waals surface area contributed by atoms with E-state index >= 15 is 0 Å². The standard InChI is InChI=1S/C15H20N6O4S.CH2O2/c1-24-7-11-4-10(17-18-11)5-16-14(23)9-3-13(22)21(6-9)15-20-19-12(26-15)8-25-2;2-1-3/h4,9H,3,5-8H2,1-2H3,(H,16,23)(H,17,18);1H,(H,2,3). The first-order chi connectivity index (χ1) is 14.0. The molecule has 3 N–H and O–H groups in total. The minimum Gasteiger partial charge on any atom is -0.483 e. The average molecular weight is 426 g/mol. The molecule has 2 aromatic heterocycles. The van der Waals surface area contributed by atoms with Crippen LogP contribution < -0.4 is 10.2 Å². The molecule has 0 bridgehead atoms. The van der Waals surface area contributed by atoms with Gasteiger partial charge in [-0.1, -0.05) is 11.3 Å². The summed E-state index contributed by atoms with van der Waals surface area (Å²) in [5, 5.41) is 25.8. The monoisotopic (exact) mass is 426 g/mol. The fraction of sp³-hybridized carbons (Fsp3) is 0.500. The highest BCUT2D eigenvalue weighted by Gasteiger charge is 2.36. The van der Waals surface area contributed by atoms with Crippen LogP contribution in [0.3, 0.4) is 0 Å². The third-order valence-electron chi connectivity index (χ3n) is 3.88. The Labute approximate surface area is 170 Å². The van der Waals surface area contributed by atoms with E-state index in [0.717, 1.165) is 11.4 Å². The van der Waals surface area contributed by atoms with Crippen molar-refractivity contribution in [3.63, 3.8) is 0 Å². The molecule has 1 aliphatic heterocycles. The van der Waals surface area contributed by atoms with Crippen LogP contribution in [0, 0.1) is 5.92 Å². The number of methoxy groups -OCH3 is 2. The van der Waals surface area contributed by atoms with Crippen molar-refractivity contribution in [2.45, 2.75) is 26.2 Å². The molecule has 0 saturated carbocycles. The van der Waals surface area contributed by atoms with E-state index in [0.29, 0.717) is 36.4 Å². The van der Waals surface area contributed by atoms with E-state index < -0.39 is 5.92 Å². The number of H-pyrrole nitrogens is 1. The lowest BCUT2D eigenvalue weighted by Crippen LogP contribution is -2.32. The van der Waals surface area contributed by atoms with Gasteiger partial charge in [0.15, 0.2) is 0 Å². The lowest BCUT2D eigenvalue weighted by Gasteiger charge is -2.12. The summed E-state index contributed by atoms with van der Waals surface area (Å²) in [5.41, 5.74) is 1.54. The van der Waals surface area contributed by atoms with Gasteiger partial charge in [0, 0.05) is 27.2 Å². The molecule has 0 radical (unpaired) electrons. The molecular formula is C16H22N6O6S. The molecule has 2 amide bonds. The Morgan fingerprint density at radius 1 is 1.41 bits per heavy atom. The number of hydrogen-bond acceptors (Lipinski definition) is 9. The molecule has 1 atom stereocenters. The van der Waals surface area contributed by atoms with Gasteiger partial charge in [0.05, 0.1) is 30.5 Å². The van der Waals surface area contributed by atoms with Gasteiger partial charge in [0.2, 0.25) is 16.9 Å². The summed E-state index contributed by atoms with van der Waals surface area (Å²) >= 11 is 1.29. The highest BCUT2D eigenvalue weighted by atomic mass is 32.1. The van der Waals surface area contributed by atoms with Gasteiger partial charge >= 0.3 is 0 Å². The van der Waals surface area contributed by atoms with Gasteiger partial charge in [-0.05, 0) is 6.07 Å². The molecule has 1 unspecified atom stereocenters. The number of anilines is 1. The number of aromatic nitrogens is 4. The number of aromatic amines is 1. The van der Waals surface area contributed by atoms with Gasteiger partial charge in [0.1, 0.15) is 11.6 Å². The number of carbonyl (C=O) groups is 3. The smallest absolute Gasteiger partial charge is 0.290 e. The zero-order chi connectivity index (χ0) is 21.2. The predicted octanol–water partition coefficient (Wildman–Crippen LogP) is -0.0759. The number of ether oxygens (including phenoxy) is 2. The van der Waals surface area contributed by atoms with Crippen LogP contribution in [0.4, 0.5) is 5.13 Å². The third-order valence-corrected chi connectivity index (χ3v) is 4.80. The minimum absolute atomic E-state index is 0.130. The van der Waals surface area contributed by atoms with Crippen molar-refractivity contribution in [2.75, 3.05) is 25.7 Å². The van der Waals surface area contributed by atoms with Gasteiger partial charge in [-0.15, -0.1) is 10.2 Å². The summed E-state index contributed by atoms with van der Waals surface area (Å²) in [6.45, 7) is 1.11. The molecule has 0 spiro atoms. The third kappa shape index (κ3) is 6.30. The molecule has 0 aromatic carbocycles. The van der Waals surface area contributed by atoms with E-state index in [1.165, 1.54) is 16.2 Å². The van der Waals surface area contributed by atoms with Crippen LogP contribution in [0.5, 0.6) is 0 Å². The van der Waals surface area contributed by atoms with Crippen molar-refractivity contribution in [2.24, 2.45) is 5.92 Å². The largest absolute Gasteiger partial charge is 0.483 e. The molecule has 3 heterocycles. The fourth-order valence-corrected chi connectivity index (χ4v) is 3.49. The van der Waals surface area contributed by atoms with Gasteiger partial charge in [0.25, 0.3) is 6.47 Å². The summed E-state index contributed by atoms with van der Waals surface area (Å²) < 4.78 is 10.0. The molecule has 29 heavy (non-hydrogen) atoms. The second-order valence-corrected chi connectivity index (χ2v) is 7.00.